The lowest BCUT2D eigenvalue weighted by atomic mass is 10.2. The molecule has 100 valence electrons. The molecule has 0 spiro atoms. The van der Waals surface area contributed by atoms with Crippen LogP contribution in [0, 0.1) is 0 Å². The molecule has 3 rings (SSSR count). The molecule has 6 nitrogen and oxygen atoms in total. The Morgan fingerprint density at radius 1 is 1.05 bits per heavy atom. The third-order valence-corrected chi connectivity index (χ3v) is 2.82. The van der Waals surface area contributed by atoms with Crippen LogP contribution in [-0.2, 0) is 6.42 Å². The first-order chi connectivity index (χ1) is 9.74. The molecule has 0 atom stereocenters. The van der Waals surface area contributed by atoms with E-state index in [0.29, 0.717) is 17.8 Å². The Hall–Kier alpha value is -2.89. The second-order valence-corrected chi connectivity index (χ2v) is 4.22. The predicted molar refractivity (Wildman–Crippen MR) is 70.1 cm³/mol. The molecule has 0 fully saturated rings. The summed E-state index contributed by atoms with van der Waals surface area (Å²) < 4.78 is 5.11. The van der Waals surface area contributed by atoms with Gasteiger partial charge in [0, 0.05) is 18.8 Å². The average molecular weight is 269 g/mol. The van der Waals surface area contributed by atoms with Gasteiger partial charge >= 0.3 is 0 Å². The van der Waals surface area contributed by atoms with E-state index in [2.05, 4.69) is 15.1 Å². The van der Waals surface area contributed by atoms with Crippen LogP contribution in [0.4, 0.5) is 0 Å². The first-order valence-corrected chi connectivity index (χ1v) is 5.97. The third-order valence-electron chi connectivity index (χ3n) is 2.82. The molecule has 0 aliphatic carbocycles. The van der Waals surface area contributed by atoms with E-state index >= 15 is 0 Å². The van der Waals surface area contributed by atoms with E-state index in [1.807, 2.05) is 12.1 Å². The fourth-order valence-corrected chi connectivity index (χ4v) is 1.82. The van der Waals surface area contributed by atoms with Gasteiger partial charge in [0.2, 0.25) is 0 Å². The number of nitrogens with zero attached hydrogens (tertiary/aromatic N) is 3. The molecule has 0 bridgehead atoms. The minimum Gasteiger partial charge on any atom is -0.504 e. The minimum absolute atomic E-state index is 0.169. The van der Waals surface area contributed by atoms with Crippen LogP contribution in [0.3, 0.4) is 0 Å². The molecule has 0 unspecified atom stereocenters. The Labute approximate surface area is 114 Å². The number of aromatic nitrogens is 3. The van der Waals surface area contributed by atoms with Crippen LogP contribution < -0.4 is 0 Å². The van der Waals surface area contributed by atoms with Crippen LogP contribution in [0.2, 0.25) is 0 Å². The van der Waals surface area contributed by atoms with Gasteiger partial charge in [-0.25, -0.2) is 0 Å². The van der Waals surface area contributed by atoms with Gasteiger partial charge in [-0.1, -0.05) is 11.2 Å². The molecule has 0 saturated carbocycles. The number of para-hydroxylation sites is 1. The van der Waals surface area contributed by atoms with Gasteiger partial charge in [0.25, 0.3) is 5.89 Å². The second kappa shape index (κ2) is 5.00. The lowest BCUT2D eigenvalue weighted by Crippen LogP contribution is -1.90. The van der Waals surface area contributed by atoms with Crippen molar-refractivity contribution in [2.24, 2.45) is 0 Å². The highest BCUT2D eigenvalue weighted by Gasteiger charge is 2.15. The van der Waals surface area contributed by atoms with E-state index < -0.39 is 0 Å². The molecule has 0 aliphatic heterocycles. The summed E-state index contributed by atoms with van der Waals surface area (Å²) in [6, 6.07) is 8.30. The van der Waals surface area contributed by atoms with E-state index in [1.165, 1.54) is 6.07 Å². The monoisotopic (exact) mass is 269 g/mol. The van der Waals surface area contributed by atoms with E-state index in [4.69, 9.17) is 4.52 Å². The lowest BCUT2D eigenvalue weighted by Gasteiger charge is -2.00. The van der Waals surface area contributed by atoms with Crippen molar-refractivity contribution < 1.29 is 14.7 Å². The fourth-order valence-electron chi connectivity index (χ4n) is 1.82. The standard InChI is InChI=1S/C14H11N3O3/c18-11-3-1-2-10(13(11)19)14-16-12(17-20-14)8-9-4-6-15-7-5-9/h1-7,18-19H,8H2. The van der Waals surface area contributed by atoms with Crippen LogP contribution in [-0.4, -0.2) is 25.3 Å². The Kier molecular flexibility index (Phi) is 3.04. The molecular weight excluding hydrogens is 258 g/mol. The number of hydrogen-bond acceptors (Lipinski definition) is 6. The quantitative estimate of drug-likeness (QED) is 0.708. The maximum absolute atomic E-state index is 9.76. The normalized spacial score (nSPS) is 10.6. The summed E-state index contributed by atoms with van der Waals surface area (Å²) in [5.74, 6) is 0.166. The van der Waals surface area contributed by atoms with Gasteiger partial charge in [-0.15, -0.1) is 0 Å². The average Bonchev–Trinajstić information content (AvgIpc) is 2.91. The SMILES string of the molecule is Oc1cccc(-c2nc(Cc3ccncc3)no2)c1O. The Morgan fingerprint density at radius 2 is 1.85 bits per heavy atom. The summed E-state index contributed by atoms with van der Waals surface area (Å²) in [7, 11) is 0. The Balaban J connectivity index is 1.89. The van der Waals surface area contributed by atoms with Crippen LogP contribution >= 0.6 is 0 Å². The van der Waals surface area contributed by atoms with Gasteiger partial charge < -0.3 is 14.7 Å². The molecule has 0 saturated heterocycles. The van der Waals surface area contributed by atoms with Crippen molar-refractivity contribution in [1.82, 2.24) is 15.1 Å². The van der Waals surface area contributed by atoms with Crippen LogP contribution in [0.5, 0.6) is 11.5 Å². The first-order valence-electron chi connectivity index (χ1n) is 5.97. The van der Waals surface area contributed by atoms with E-state index in [0.717, 1.165) is 5.56 Å². The van der Waals surface area contributed by atoms with Crippen LogP contribution in [0.15, 0.2) is 47.2 Å². The third kappa shape index (κ3) is 2.31. The zero-order chi connectivity index (χ0) is 13.9. The number of rotatable bonds is 3. The number of benzene rings is 1. The largest absolute Gasteiger partial charge is 0.504 e. The number of phenolic OH excluding ortho intramolecular Hbond substituents is 2. The zero-order valence-corrected chi connectivity index (χ0v) is 10.4. The maximum Gasteiger partial charge on any atom is 0.261 e. The molecule has 2 N–H and O–H groups in total. The molecule has 0 amide bonds. The van der Waals surface area contributed by atoms with Gasteiger partial charge in [0.1, 0.15) is 0 Å². The van der Waals surface area contributed by atoms with Crippen LogP contribution in [0.25, 0.3) is 11.5 Å². The van der Waals surface area contributed by atoms with Crippen molar-refractivity contribution in [3.63, 3.8) is 0 Å². The Morgan fingerprint density at radius 3 is 2.65 bits per heavy atom. The minimum atomic E-state index is -0.272. The van der Waals surface area contributed by atoms with Gasteiger partial charge in [-0.2, -0.15) is 4.98 Å². The number of hydrogen-bond donors (Lipinski definition) is 2. The van der Waals surface area contributed by atoms with Gasteiger partial charge in [-0.3, -0.25) is 4.98 Å². The molecule has 2 heterocycles. The highest BCUT2D eigenvalue weighted by Crippen LogP contribution is 2.35. The molecule has 2 aromatic heterocycles. The van der Waals surface area contributed by atoms with Crippen molar-refractivity contribution >= 4 is 0 Å². The summed E-state index contributed by atoms with van der Waals surface area (Å²) in [5.41, 5.74) is 1.31. The van der Waals surface area contributed by atoms with Crippen molar-refractivity contribution in [2.45, 2.75) is 6.42 Å². The molecular formula is C14H11N3O3. The van der Waals surface area contributed by atoms with Crippen molar-refractivity contribution in [3.8, 4) is 23.0 Å². The molecule has 3 aromatic rings. The lowest BCUT2D eigenvalue weighted by molar-refractivity contribution is 0.396. The molecule has 20 heavy (non-hydrogen) atoms. The van der Waals surface area contributed by atoms with Gasteiger partial charge in [0.05, 0.1) is 5.56 Å². The zero-order valence-electron chi connectivity index (χ0n) is 10.4. The topological polar surface area (TPSA) is 92.3 Å². The maximum atomic E-state index is 9.76. The van der Waals surface area contributed by atoms with E-state index in [-0.39, 0.29) is 17.4 Å². The first kappa shape index (κ1) is 12.2. The van der Waals surface area contributed by atoms with Gasteiger partial charge in [0.15, 0.2) is 17.3 Å². The number of pyridine rings is 1. The summed E-state index contributed by atoms with van der Waals surface area (Å²) >= 11 is 0. The van der Waals surface area contributed by atoms with Crippen molar-refractivity contribution in [1.29, 1.82) is 0 Å². The van der Waals surface area contributed by atoms with E-state index in [9.17, 15) is 10.2 Å². The highest BCUT2D eigenvalue weighted by atomic mass is 16.5. The number of aromatic hydroxyl groups is 2. The number of phenols is 2. The highest BCUT2D eigenvalue weighted by molar-refractivity contribution is 5.66. The smallest absolute Gasteiger partial charge is 0.261 e. The molecule has 0 radical (unpaired) electrons. The summed E-state index contributed by atoms with van der Waals surface area (Å²) in [5, 5.41) is 23.1. The summed E-state index contributed by atoms with van der Waals surface area (Å²) in [6.45, 7) is 0. The molecule has 1 aromatic carbocycles. The Bertz CT molecular complexity index is 726. The predicted octanol–water partition coefficient (Wildman–Crippen LogP) is 2.13. The fraction of sp³-hybridized carbons (Fsp3) is 0.0714. The summed E-state index contributed by atoms with van der Waals surface area (Å²) in [6.07, 6.45) is 3.89. The van der Waals surface area contributed by atoms with Gasteiger partial charge in [-0.05, 0) is 29.8 Å². The summed E-state index contributed by atoms with van der Waals surface area (Å²) in [4.78, 5) is 8.14. The second-order valence-electron chi connectivity index (χ2n) is 4.22. The molecule has 6 heteroatoms. The molecule has 0 aliphatic rings. The van der Waals surface area contributed by atoms with Crippen LogP contribution in [0.1, 0.15) is 11.4 Å². The van der Waals surface area contributed by atoms with Crippen molar-refractivity contribution in [2.75, 3.05) is 0 Å². The van der Waals surface area contributed by atoms with E-state index in [1.54, 1.807) is 24.5 Å². The van der Waals surface area contributed by atoms with Crippen molar-refractivity contribution in [3.05, 3.63) is 54.1 Å².